The van der Waals surface area contributed by atoms with Gasteiger partial charge in [0.1, 0.15) is 29.3 Å². The lowest BCUT2D eigenvalue weighted by Crippen LogP contribution is -2.51. The van der Waals surface area contributed by atoms with Gasteiger partial charge >= 0.3 is 0 Å². The largest absolute Gasteiger partial charge is 0.356 e. The Morgan fingerprint density at radius 1 is 1.18 bits per heavy atom. The van der Waals surface area contributed by atoms with Gasteiger partial charge < -0.3 is 15.0 Å². The van der Waals surface area contributed by atoms with Crippen LogP contribution in [0.25, 0.3) is 16.7 Å². The van der Waals surface area contributed by atoms with Gasteiger partial charge in [0, 0.05) is 36.8 Å². The van der Waals surface area contributed by atoms with Gasteiger partial charge in [0.25, 0.3) is 5.91 Å². The molecule has 5 atom stereocenters. The number of pyridine rings is 2. The number of carbonyl (C=O) groups is 2. The molecular weight excluding hydrogens is 502 g/mol. The molecule has 0 radical (unpaired) electrons. The second kappa shape index (κ2) is 8.44. The van der Waals surface area contributed by atoms with Crippen molar-refractivity contribution in [2.75, 3.05) is 18.0 Å². The lowest BCUT2D eigenvalue weighted by atomic mass is 9.72. The molecule has 3 aromatic rings. The van der Waals surface area contributed by atoms with Crippen LogP contribution in [0, 0.1) is 34.8 Å². The Morgan fingerprint density at radius 2 is 2.03 bits per heavy atom. The summed E-state index contributed by atoms with van der Waals surface area (Å²) < 4.78 is 30.2. The van der Waals surface area contributed by atoms with Crippen LogP contribution in [-0.2, 0) is 4.79 Å². The molecule has 4 fully saturated rings. The molecule has 1 aromatic carbocycles. The zero-order valence-electron chi connectivity index (χ0n) is 21.8. The summed E-state index contributed by atoms with van der Waals surface area (Å²) in [6, 6.07) is 6.46. The summed E-state index contributed by atoms with van der Waals surface area (Å²) in [5, 5.41) is 3.33. The van der Waals surface area contributed by atoms with Crippen molar-refractivity contribution >= 4 is 29.0 Å². The molecule has 2 bridgehead atoms. The van der Waals surface area contributed by atoms with E-state index in [9.17, 15) is 18.8 Å². The van der Waals surface area contributed by atoms with Crippen LogP contribution in [0.4, 0.5) is 14.6 Å². The lowest BCUT2D eigenvalue weighted by molar-refractivity contribution is -0.110. The van der Waals surface area contributed by atoms with E-state index in [4.69, 9.17) is 0 Å². The van der Waals surface area contributed by atoms with E-state index in [-0.39, 0.29) is 28.2 Å². The number of rotatable bonds is 5. The maximum Gasteiger partial charge on any atom is 0.257 e. The summed E-state index contributed by atoms with van der Waals surface area (Å²) in [5.74, 6) is -0.267. The minimum Gasteiger partial charge on any atom is -0.356 e. The van der Waals surface area contributed by atoms with E-state index in [1.807, 2.05) is 4.90 Å². The highest BCUT2D eigenvalue weighted by Gasteiger charge is 2.65. The molecule has 1 amide bonds. The fourth-order valence-electron chi connectivity index (χ4n) is 7.94. The standard InChI is InChI=1S/C30H30F2N4O3/c1-29(10-18-8-19-12-30(19,11-18)16-29)34-28(39)22-14-36(24-4-2-20(31)9-23(24)32)27-21(26(22)38)3-5-25(33-27)35-7-6-17(13-35)15-37/h2-5,9,14-15,17-19H,6-8,10-13,16H2,1H3,(H,34,39)/t17?,18?,19?,29?,30-/m0/s1. The molecule has 4 aliphatic rings. The first-order valence-electron chi connectivity index (χ1n) is 13.7. The van der Waals surface area contributed by atoms with Crippen LogP contribution >= 0.6 is 0 Å². The maximum atomic E-state index is 15.1. The molecule has 3 aliphatic carbocycles. The third-order valence-electron chi connectivity index (χ3n) is 9.56. The van der Waals surface area contributed by atoms with Crippen LogP contribution in [0.5, 0.6) is 0 Å². The zero-order chi connectivity index (χ0) is 27.1. The monoisotopic (exact) mass is 532 g/mol. The number of aromatic nitrogens is 2. The predicted molar refractivity (Wildman–Crippen MR) is 142 cm³/mol. The number of halogens is 2. The molecule has 1 aliphatic heterocycles. The van der Waals surface area contributed by atoms with Crippen molar-refractivity contribution in [1.29, 1.82) is 0 Å². The van der Waals surface area contributed by atoms with Gasteiger partial charge in [-0.25, -0.2) is 13.8 Å². The van der Waals surface area contributed by atoms with Crippen molar-refractivity contribution < 1.29 is 18.4 Å². The number of carbonyl (C=O) groups excluding carboxylic acids is 2. The Kier molecular flexibility index (Phi) is 5.28. The van der Waals surface area contributed by atoms with Gasteiger partial charge in [0.15, 0.2) is 5.65 Å². The van der Waals surface area contributed by atoms with Crippen LogP contribution in [0.15, 0.2) is 41.3 Å². The van der Waals surface area contributed by atoms with Crippen molar-refractivity contribution in [2.45, 2.75) is 51.0 Å². The number of hydrogen-bond donors (Lipinski definition) is 1. The Hall–Kier alpha value is -3.62. The van der Waals surface area contributed by atoms with Crippen molar-refractivity contribution in [2.24, 2.45) is 23.2 Å². The number of aldehydes is 1. The summed E-state index contributed by atoms with van der Waals surface area (Å²) in [5.41, 5.74) is -0.523. The molecular formula is C30H30F2N4O3. The highest BCUT2D eigenvalue weighted by molar-refractivity contribution is 5.97. The number of anilines is 1. The quantitative estimate of drug-likeness (QED) is 0.493. The Labute approximate surface area is 224 Å². The fourth-order valence-corrected chi connectivity index (χ4v) is 7.94. The molecule has 7 nitrogen and oxygen atoms in total. The second-order valence-electron chi connectivity index (χ2n) is 12.5. The Morgan fingerprint density at radius 3 is 2.77 bits per heavy atom. The number of hydrogen-bond acceptors (Lipinski definition) is 5. The van der Waals surface area contributed by atoms with Gasteiger partial charge in [-0.05, 0) is 87.0 Å². The zero-order valence-corrected chi connectivity index (χ0v) is 21.8. The number of benzene rings is 1. The SMILES string of the molecule is CC1(NC(=O)c2cn(-c3ccc(F)cc3F)c3nc(N4CCC(C=O)C4)ccc3c2=O)CC2CC3C[C@@]3(C2)C1. The minimum absolute atomic E-state index is 0.0195. The molecule has 39 heavy (non-hydrogen) atoms. The summed E-state index contributed by atoms with van der Waals surface area (Å²) in [7, 11) is 0. The van der Waals surface area contributed by atoms with Crippen LogP contribution < -0.4 is 15.6 Å². The molecule has 2 aromatic heterocycles. The molecule has 9 heteroatoms. The van der Waals surface area contributed by atoms with Crippen molar-refractivity contribution in [3.63, 3.8) is 0 Å². The molecule has 3 heterocycles. The van der Waals surface area contributed by atoms with Gasteiger partial charge in [-0.3, -0.25) is 14.2 Å². The first-order valence-corrected chi connectivity index (χ1v) is 13.7. The van der Waals surface area contributed by atoms with Crippen molar-refractivity contribution in [1.82, 2.24) is 14.9 Å². The van der Waals surface area contributed by atoms with Crippen LogP contribution in [0.3, 0.4) is 0 Å². The van der Waals surface area contributed by atoms with E-state index in [1.54, 1.807) is 12.1 Å². The summed E-state index contributed by atoms with van der Waals surface area (Å²) in [6.45, 7) is 3.19. The normalized spacial score (nSPS) is 30.8. The maximum absolute atomic E-state index is 15.1. The smallest absolute Gasteiger partial charge is 0.257 e. The van der Waals surface area contributed by atoms with Crippen LogP contribution in [-0.4, -0.2) is 40.4 Å². The van der Waals surface area contributed by atoms with Crippen LogP contribution in [0.2, 0.25) is 0 Å². The second-order valence-corrected chi connectivity index (χ2v) is 12.5. The minimum atomic E-state index is -0.838. The predicted octanol–water partition coefficient (Wildman–Crippen LogP) is 4.39. The Bertz CT molecular complexity index is 1610. The van der Waals surface area contributed by atoms with Crippen molar-refractivity contribution in [3.8, 4) is 5.69 Å². The summed E-state index contributed by atoms with van der Waals surface area (Å²) in [6.07, 6.45) is 8.41. The van der Waals surface area contributed by atoms with Crippen molar-refractivity contribution in [3.05, 3.63) is 63.9 Å². The molecule has 1 spiro atoms. The summed E-state index contributed by atoms with van der Waals surface area (Å²) in [4.78, 5) is 45.2. The highest BCUT2D eigenvalue weighted by atomic mass is 19.1. The van der Waals surface area contributed by atoms with E-state index in [0.717, 1.165) is 37.2 Å². The fraction of sp³-hybridized carbons (Fsp3) is 0.467. The molecule has 3 saturated carbocycles. The highest BCUT2D eigenvalue weighted by Crippen LogP contribution is 2.72. The Balaban J connectivity index is 1.31. The van der Waals surface area contributed by atoms with Gasteiger partial charge in [-0.1, -0.05) is 0 Å². The topological polar surface area (TPSA) is 84.3 Å². The molecule has 202 valence electrons. The van der Waals surface area contributed by atoms with E-state index >= 15 is 4.39 Å². The number of nitrogens with one attached hydrogen (secondary N) is 1. The molecule has 4 unspecified atom stereocenters. The van der Waals surface area contributed by atoms with E-state index in [2.05, 4.69) is 17.2 Å². The van der Waals surface area contributed by atoms with E-state index in [1.165, 1.54) is 36.1 Å². The van der Waals surface area contributed by atoms with Gasteiger partial charge in [-0.15, -0.1) is 0 Å². The third-order valence-corrected chi connectivity index (χ3v) is 9.56. The first kappa shape index (κ1) is 24.4. The van der Waals surface area contributed by atoms with Gasteiger partial charge in [-0.2, -0.15) is 0 Å². The average Bonchev–Trinajstić information content (AvgIpc) is 3.22. The van der Waals surface area contributed by atoms with Gasteiger partial charge in [0.05, 0.1) is 11.1 Å². The van der Waals surface area contributed by atoms with Crippen LogP contribution in [0.1, 0.15) is 55.8 Å². The molecule has 1 saturated heterocycles. The summed E-state index contributed by atoms with van der Waals surface area (Å²) >= 11 is 0. The lowest BCUT2D eigenvalue weighted by Gasteiger charge is -2.40. The molecule has 1 N–H and O–H groups in total. The molecule has 7 rings (SSSR count). The van der Waals surface area contributed by atoms with E-state index in [0.29, 0.717) is 36.7 Å². The average molecular weight is 533 g/mol. The van der Waals surface area contributed by atoms with E-state index < -0.39 is 28.5 Å². The number of amides is 1. The third kappa shape index (κ3) is 3.96. The van der Waals surface area contributed by atoms with Gasteiger partial charge in [0.2, 0.25) is 5.43 Å². The number of fused-ring (bicyclic) bond motifs is 2. The number of nitrogens with zero attached hydrogens (tertiary/aromatic N) is 3. The first-order chi connectivity index (χ1) is 18.7.